The number of benzene rings is 1. The third kappa shape index (κ3) is 3.38. The van der Waals surface area contributed by atoms with Crippen LogP contribution in [0.25, 0.3) is 0 Å². The van der Waals surface area contributed by atoms with E-state index in [1.807, 2.05) is 6.07 Å². The number of imide groups is 1. The molecule has 7 heteroatoms. The van der Waals surface area contributed by atoms with Crippen molar-refractivity contribution in [3.05, 3.63) is 35.4 Å². The van der Waals surface area contributed by atoms with Crippen LogP contribution in [0, 0.1) is 6.92 Å². The Labute approximate surface area is 160 Å². The smallest absolute Gasteiger partial charge is 0.325 e. The molecule has 0 aromatic heterocycles. The molecule has 1 N–H and O–H groups in total. The van der Waals surface area contributed by atoms with Gasteiger partial charge in [0.05, 0.1) is 0 Å². The monoisotopic (exact) mass is 369 g/mol. The molecule has 3 aliphatic heterocycles. The van der Waals surface area contributed by atoms with Gasteiger partial charge in [-0.25, -0.2) is 9.79 Å². The number of carbonyl (C=O) groups excluding carboxylic acids is 2. The van der Waals surface area contributed by atoms with Gasteiger partial charge in [0.2, 0.25) is 0 Å². The first kappa shape index (κ1) is 17.8. The van der Waals surface area contributed by atoms with Crippen LogP contribution < -0.4 is 5.32 Å². The second-order valence-corrected chi connectivity index (χ2v) is 7.71. The lowest BCUT2D eigenvalue weighted by molar-refractivity contribution is -0.127. The van der Waals surface area contributed by atoms with E-state index in [0.29, 0.717) is 6.54 Å². The number of rotatable bonds is 2. The SMILES string of the molecule is Cc1cccc(CN2C(N3CCCCCC3)=NC3C2C(=O)NC(=O)N3C)c1. The molecule has 3 heterocycles. The summed E-state index contributed by atoms with van der Waals surface area (Å²) in [5, 5.41) is 2.48. The fourth-order valence-corrected chi connectivity index (χ4v) is 4.22. The molecule has 3 aliphatic rings. The van der Waals surface area contributed by atoms with Crippen LogP contribution in [0.2, 0.25) is 0 Å². The predicted molar refractivity (Wildman–Crippen MR) is 103 cm³/mol. The maximum Gasteiger partial charge on any atom is 0.325 e. The number of fused-ring (bicyclic) bond motifs is 1. The van der Waals surface area contributed by atoms with Gasteiger partial charge in [0.15, 0.2) is 18.2 Å². The van der Waals surface area contributed by atoms with Crippen LogP contribution in [0.5, 0.6) is 0 Å². The molecule has 2 saturated heterocycles. The summed E-state index contributed by atoms with van der Waals surface area (Å²) in [7, 11) is 1.71. The van der Waals surface area contributed by atoms with E-state index >= 15 is 0 Å². The van der Waals surface area contributed by atoms with Crippen molar-refractivity contribution in [2.24, 2.45) is 4.99 Å². The van der Waals surface area contributed by atoms with E-state index in [2.05, 4.69) is 40.2 Å². The van der Waals surface area contributed by atoms with Crippen molar-refractivity contribution in [1.29, 1.82) is 0 Å². The number of urea groups is 1. The van der Waals surface area contributed by atoms with Gasteiger partial charge in [-0.15, -0.1) is 0 Å². The normalized spacial score (nSPS) is 25.9. The van der Waals surface area contributed by atoms with Gasteiger partial charge < -0.3 is 14.7 Å². The molecule has 7 nitrogen and oxygen atoms in total. The number of amides is 3. The lowest BCUT2D eigenvalue weighted by atomic mass is 10.1. The number of nitrogens with zero attached hydrogens (tertiary/aromatic N) is 4. The van der Waals surface area contributed by atoms with Crippen LogP contribution in [0.3, 0.4) is 0 Å². The van der Waals surface area contributed by atoms with Gasteiger partial charge in [-0.2, -0.15) is 0 Å². The van der Waals surface area contributed by atoms with E-state index in [0.717, 1.165) is 37.5 Å². The summed E-state index contributed by atoms with van der Waals surface area (Å²) in [5.74, 6) is 0.592. The zero-order valence-electron chi connectivity index (χ0n) is 16.0. The molecule has 0 spiro atoms. The van der Waals surface area contributed by atoms with Crippen LogP contribution >= 0.6 is 0 Å². The van der Waals surface area contributed by atoms with Gasteiger partial charge in [-0.05, 0) is 25.3 Å². The average Bonchev–Trinajstić information content (AvgIpc) is 2.82. The van der Waals surface area contributed by atoms with Gasteiger partial charge in [-0.3, -0.25) is 10.1 Å². The number of likely N-dealkylation sites (tertiary alicyclic amines) is 1. The van der Waals surface area contributed by atoms with E-state index < -0.39 is 12.2 Å². The van der Waals surface area contributed by atoms with E-state index in [1.54, 1.807) is 11.9 Å². The topological polar surface area (TPSA) is 68.2 Å². The Hall–Kier alpha value is -2.57. The number of aliphatic imine (C=N–C) groups is 1. The molecule has 2 unspecified atom stereocenters. The minimum absolute atomic E-state index is 0.260. The first-order valence-electron chi connectivity index (χ1n) is 9.77. The summed E-state index contributed by atoms with van der Waals surface area (Å²) in [4.78, 5) is 35.6. The minimum Gasteiger partial charge on any atom is -0.343 e. The lowest BCUT2D eigenvalue weighted by Crippen LogP contribution is -2.64. The molecular formula is C20H27N5O2. The highest BCUT2D eigenvalue weighted by atomic mass is 16.2. The predicted octanol–water partition coefficient (Wildman–Crippen LogP) is 1.92. The van der Waals surface area contributed by atoms with Crippen LogP contribution in [0.15, 0.2) is 29.3 Å². The fourth-order valence-electron chi connectivity index (χ4n) is 4.22. The number of hydrogen-bond donors (Lipinski definition) is 1. The number of aryl methyl sites for hydroxylation is 1. The molecule has 144 valence electrons. The molecule has 1 aromatic carbocycles. The zero-order valence-corrected chi connectivity index (χ0v) is 16.0. The van der Waals surface area contributed by atoms with Crippen molar-refractivity contribution < 1.29 is 9.59 Å². The van der Waals surface area contributed by atoms with Gasteiger partial charge in [0.25, 0.3) is 5.91 Å². The van der Waals surface area contributed by atoms with Gasteiger partial charge in [0.1, 0.15) is 0 Å². The Balaban J connectivity index is 1.68. The highest BCUT2D eigenvalue weighted by Gasteiger charge is 2.49. The summed E-state index contributed by atoms with van der Waals surface area (Å²) < 4.78 is 0. The van der Waals surface area contributed by atoms with E-state index in [9.17, 15) is 9.59 Å². The quantitative estimate of drug-likeness (QED) is 0.865. The number of guanidine groups is 1. The Morgan fingerprint density at radius 1 is 1.15 bits per heavy atom. The van der Waals surface area contributed by atoms with Crippen molar-refractivity contribution in [3.8, 4) is 0 Å². The van der Waals surface area contributed by atoms with Crippen molar-refractivity contribution in [2.45, 2.75) is 51.4 Å². The van der Waals surface area contributed by atoms with E-state index in [1.165, 1.54) is 18.4 Å². The standard InChI is InChI=1S/C20H27N5O2/c1-14-8-7-9-15(12-14)13-25-16-17(23(2)20(27)22-18(16)26)21-19(25)24-10-5-3-4-6-11-24/h7-9,12,16-17H,3-6,10-11,13H2,1-2H3,(H,22,26,27). The number of carbonyl (C=O) groups is 2. The molecule has 0 saturated carbocycles. The Morgan fingerprint density at radius 2 is 1.89 bits per heavy atom. The summed E-state index contributed by atoms with van der Waals surface area (Å²) >= 11 is 0. The molecule has 0 aliphatic carbocycles. The molecule has 2 atom stereocenters. The molecule has 2 fully saturated rings. The van der Waals surface area contributed by atoms with Gasteiger partial charge in [-0.1, -0.05) is 42.7 Å². The summed E-state index contributed by atoms with van der Waals surface area (Å²) in [6.45, 7) is 4.57. The largest absolute Gasteiger partial charge is 0.343 e. The summed E-state index contributed by atoms with van der Waals surface area (Å²) in [6.07, 6.45) is 4.26. The first-order chi connectivity index (χ1) is 13.0. The molecule has 0 bridgehead atoms. The molecule has 0 radical (unpaired) electrons. The highest BCUT2D eigenvalue weighted by Crippen LogP contribution is 2.28. The van der Waals surface area contributed by atoms with Crippen LogP contribution in [-0.4, -0.2) is 64.9 Å². The van der Waals surface area contributed by atoms with E-state index in [4.69, 9.17) is 4.99 Å². The van der Waals surface area contributed by atoms with E-state index in [-0.39, 0.29) is 11.9 Å². The molecule has 1 aromatic rings. The third-order valence-corrected chi connectivity index (χ3v) is 5.66. The second kappa shape index (κ2) is 7.21. The van der Waals surface area contributed by atoms with Crippen molar-refractivity contribution in [1.82, 2.24) is 20.0 Å². The third-order valence-electron chi connectivity index (χ3n) is 5.66. The number of likely N-dealkylation sites (N-methyl/N-ethyl adjacent to an activating group) is 1. The molecule has 4 rings (SSSR count). The molecule has 3 amide bonds. The van der Waals surface area contributed by atoms with Crippen molar-refractivity contribution in [3.63, 3.8) is 0 Å². The Bertz CT molecular complexity index is 769. The summed E-state index contributed by atoms with van der Waals surface area (Å²) in [5.41, 5.74) is 2.34. The maximum absolute atomic E-state index is 12.7. The van der Waals surface area contributed by atoms with Gasteiger partial charge in [0, 0.05) is 26.7 Å². The number of nitrogens with one attached hydrogen (secondary N) is 1. The minimum atomic E-state index is -0.480. The van der Waals surface area contributed by atoms with Crippen LogP contribution in [0.4, 0.5) is 4.79 Å². The number of hydrogen-bond acceptors (Lipinski definition) is 5. The van der Waals surface area contributed by atoms with Crippen LogP contribution in [-0.2, 0) is 11.3 Å². The Kier molecular flexibility index (Phi) is 4.76. The highest BCUT2D eigenvalue weighted by molar-refractivity contribution is 6.03. The maximum atomic E-state index is 12.7. The van der Waals surface area contributed by atoms with Crippen molar-refractivity contribution >= 4 is 17.9 Å². The second-order valence-electron chi connectivity index (χ2n) is 7.71. The zero-order chi connectivity index (χ0) is 19.0. The first-order valence-corrected chi connectivity index (χ1v) is 9.77. The molecular weight excluding hydrogens is 342 g/mol. The average molecular weight is 369 g/mol. The summed E-state index contributed by atoms with van der Waals surface area (Å²) in [6, 6.07) is 7.47. The fraction of sp³-hybridized carbons (Fsp3) is 0.550. The van der Waals surface area contributed by atoms with Crippen molar-refractivity contribution in [2.75, 3.05) is 20.1 Å². The Morgan fingerprint density at radius 3 is 2.59 bits per heavy atom. The van der Waals surface area contributed by atoms with Crippen LogP contribution in [0.1, 0.15) is 36.8 Å². The molecule has 27 heavy (non-hydrogen) atoms. The van der Waals surface area contributed by atoms with Gasteiger partial charge >= 0.3 is 6.03 Å². The lowest BCUT2D eigenvalue weighted by Gasteiger charge is -2.37.